The molecule has 0 amide bonds. The van der Waals surface area contributed by atoms with Crippen molar-refractivity contribution in [1.82, 2.24) is 19.5 Å². The average molecular weight is 280 g/mol. The molecule has 6 N–H and O–H groups in total. The monoisotopic (exact) mass is 280 g/mol. The fourth-order valence-corrected chi connectivity index (χ4v) is 2.38. The fourth-order valence-electron chi connectivity index (χ4n) is 2.38. The number of ether oxygens (including phenoxy) is 1. The lowest BCUT2D eigenvalue weighted by molar-refractivity contribution is -0.188. The Morgan fingerprint density at radius 1 is 1.30 bits per heavy atom. The average Bonchev–Trinajstić information content (AvgIpc) is 2.87. The molecule has 0 saturated carbocycles. The molecule has 0 aliphatic carbocycles. The summed E-state index contributed by atoms with van der Waals surface area (Å²) < 4.78 is 7.12. The molecule has 2 aromatic rings. The number of nitrogens with two attached hydrogens (primary N) is 2. The van der Waals surface area contributed by atoms with E-state index in [0.717, 1.165) is 0 Å². The summed E-state index contributed by atoms with van der Waals surface area (Å²) in [7, 11) is 0. The Kier molecular flexibility index (Phi) is 3.26. The lowest BCUT2D eigenvalue weighted by Crippen LogP contribution is -2.49. The Hall–Kier alpha value is -1.81. The van der Waals surface area contributed by atoms with Gasteiger partial charge in [-0.1, -0.05) is 0 Å². The van der Waals surface area contributed by atoms with Crippen LogP contribution in [0.3, 0.4) is 0 Å². The summed E-state index contributed by atoms with van der Waals surface area (Å²) >= 11 is 0. The van der Waals surface area contributed by atoms with Crippen molar-refractivity contribution in [2.45, 2.75) is 18.4 Å². The maximum Gasteiger partial charge on any atom is 0.167 e. The van der Waals surface area contributed by atoms with E-state index >= 15 is 0 Å². The molecule has 1 aliphatic heterocycles. The highest BCUT2D eigenvalue weighted by Gasteiger charge is 2.39. The largest absolute Gasteiger partial charge is 0.390 e. The normalized spacial score (nSPS) is 30.8. The van der Waals surface area contributed by atoms with E-state index in [1.54, 1.807) is 0 Å². The molecule has 9 heteroatoms. The van der Waals surface area contributed by atoms with Crippen molar-refractivity contribution in [1.29, 1.82) is 0 Å². The molecule has 20 heavy (non-hydrogen) atoms. The van der Waals surface area contributed by atoms with Gasteiger partial charge in [0.15, 0.2) is 17.7 Å². The van der Waals surface area contributed by atoms with E-state index in [1.165, 1.54) is 17.2 Å². The molecule has 1 aliphatic rings. The van der Waals surface area contributed by atoms with Crippen LogP contribution in [-0.4, -0.2) is 55.1 Å². The van der Waals surface area contributed by atoms with Crippen molar-refractivity contribution in [3.05, 3.63) is 12.7 Å². The van der Waals surface area contributed by atoms with Gasteiger partial charge in [0.1, 0.15) is 17.9 Å². The molecule has 1 fully saturated rings. The number of aliphatic hydroxyl groups is 2. The predicted octanol–water partition coefficient (Wildman–Crippen LogP) is -1.77. The number of hydrogen-bond acceptors (Lipinski definition) is 8. The minimum Gasteiger partial charge on any atom is -0.390 e. The van der Waals surface area contributed by atoms with E-state index in [0.29, 0.717) is 11.2 Å². The Balaban J connectivity index is 1.97. The molecule has 4 atom stereocenters. The summed E-state index contributed by atoms with van der Waals surface area (Å²) in [5.74, 6) is -0.0461. The number of fused-ring (bicyclic) bond motifs is 1. The lowest BCUT2D eigenvalue weighted by atomic mass is 9.95. The van der Waals surface area contributed by atoms with Crippen molar-refractivity contribution >= 4 is 17.0 Å². The summed E-state index contributed by atoms with van der Waals surface area (Å²) in [6, 6.07) is 0. The van der Waals surface area contributed by atoms with Gasteiger partial charge in [-0.05, 0) is 6.54 Å². The van der Waals surface area contributed by atoms with Crippen LogP contribution in [0.2, 0.25) is 0 Å². The number of nitrogens with zero attached hydrogens (tertiary/aromatic N) is 4. The third-order valence-electron chi connectivity index (χ3n) is 3.57. The fraction of sp³-hybridized carbons (Fsp3) is 0.545. The van der Waals surface area contributed by atoms with Crippen molar-refractivity contribution in [3.8, 4) is 0 Å². The standard InChI is InChI=1S/C11H16N6O3/c12-1-5-2-20-11(8(19)7(5)18)17-4-16-6-9(13)14-3-15-10(6)17/h3-5,7-8,11,18-19H,1-2,12H2,(H2,13,14,15)/t5-,7?,8?,11?/m1/s1. The molecule has 0 bridgehead atoms. The summed E-state index contributed by atoms with van der Waals surface area (Å²) in [5.41, 5.74) is 12.1. The summed E-state index contributed by atoms with van der Waals surface area (Å²) in [6.07, 6.45) is -0.100. The number of hydrogen-bond donors (Lipinski definition) is 4. The maximum absolute atomic E-state index is 10.2. The number of aliphatic hydroxyl groups excluding tert-OH is 2. The smallest absolute Gasteiger partial charge is 0.167 e. The molecular formula is C11H16N6O3. The summed E-state index contributed by atoms with van der Waals surface area (Å²) in [4.78, 5) is 12.0. The quantitative estimate of drug-likeness (QED) is 0.506. The molecule has 1 saturated heterocycles. The molecule has 9 nitrogen and oxygen atoms in total. The zero-order chi connectivity index (χ0) is 14.3. The molecule has 3 rings (SSSR count). The predicted molar refractivity (Wildman–Crippen MR) is 69.3 cm³/mol. The van der Waals surface area contributed by atoms with Crippen LogP contribution in [0.15, 0.2) is 12.7 Å². The number of nitrogen functional groups attached to an aromatic ring is 1. The molecule has 3 heterocycles. The van der Waals surface area contributed by atoms with Crippen molar-refractivity contribution in [3.63, 3.8) is 0 Å². The van der Waals surface area contributed by atoms with Gasteiger partial charge >= 0.3 is 0 Å². The maximum atomic E-state index is 10.2. The highest BCUT2D eigenvalue weighted by molar-refractivity contribution is 5.81. The van der Waals surface area contributed by atoms with Gasteiger partial charge in [0.2, 0.25) is 0 Å². The van der Waals surface area contributed by atoms with Crippen molar-refractivity contribution < 1.29 is 14.9 Å². The molecule has 108 valence electrons. The highest BCUT2D eigenvalue weighted by Crippen LogP contribution is 2.29. The first-order valence-corrected chi connectivity index (χ1v) is 6.24. The third kappa shape index (κ3) is 1.91. The lowest BCUT2D eigenvalue weighted by Gasteiger charge is -2.37. The van der Waals surface area contributed by atoms with Crippen molar-refractivity contribution in [2.75, 3.05) is 18.9 Å². The Morgan fingerprint density at radius 2 is 2.10 bits per heavy atom. The van der Waals surface area contributed by atoms with Gasteiger partial charge < -0.3 is 26.4 Å². The number of aromatic nitrogens is 4. The molecular weight excluding hydrogens is 264 g/mol. The molecule has 0 spiro atoms. The summed E-state index contributed by atoms with van der Waals surface area (Å²) in [5, 5.41) is 20.2. The van der Waals surface area contributed by atoms with E-state index in [4.69, 9.17) is 16.2 Å². The second-order valence-corrected chi connectivity index (χ2v) is 4.78. The van der Waals surface area contributed by atoms with Crippen LogP contribution in [0.4, 0.5) is 5.82 Å². The van der Waals surface area contributed by atoms with Crippen LogP contribution in [0.1, 0.15) is 6.23 Å². The van der Waals surface area contributed by atoms with Gasteiger partial charge in [-0.3, -0.25) is 4.57 Å². The van der Waals surface area contributed by atoms with Gasteiger partial charge in [0, 0.05) is 5.92 Å². The number of anilines is 1. The van der Waals surface area contributed by atoms with Crippen LogP contribution in [0, 0.1) is 5.92 Å². The van der Waals surface area contributed by atoms with E-state index in [9.17, 15) is 10.2 Å². The number of imidazole rings is 1. The summed E-state index contributed by atoms with van der Waals surface area (Å²) in [6.45, 7) is 0.490. The second-order valence-electron chi connectivity index (χ2n) is 4.78. The van der Waals surface area contributed by atoms with Crippen LogP contribution in [0.5, 0.6) is 0 Å². The minimum absolute atomic E-state index is 0.241. The van der Waals surface area contributed by atoms with E-state index in [-0.39, 0.29) is 24.9 Å². The zero-order valence-corrected chi connectivity index (χ0v) is 10.6. The van der Waals surface area contributed by atoms with Crippen LogP contribution < -0.4 is 11.5 Å². The Morgan fingerprint density at radius 3 is 2.85 bits per heavy atom. The molecule has 0 aromatic carbocycles. The first kappa shape index (κ1) is 13.2. The van der Waals surface area contributed by atoms with Crippen molar-refractivity contribution in [2.24, 2.45) is 11.7 Å². The first-order valence-electron chi connectivity index (χ1n) is 6.24. The van der Waals surface area contributed by atoms with Crippen LogP contribution in [-0.2, 0) is 4.74 Å². The molecule has 0 radical (unpaired) electrons. The molecule has 2 aromatic heterocycles. The van der Waals surface area contributed by atoms with Gasteiger partial charge in [-0.25, -0.2) is 15.0 Å². The van der Waals surface area contributed by atoms with Gasteiger partial charge in [0.05, 0.1) is 19.0 Å². The van der Waals surface area contributed by atoms with E-state index < -0.39 is 18.4 Å². The van der Waals surface area contributed by atoms with Crippen LogP contribution in [0.25, 0.3) is 11.2 Å². The van der Waals surface area contributed by atoms with E-state index in [1.807, 2.05) is 0 Å². The SMILES string of the molecule is NC[C@@H]1COC(n2cnc3c(N)ncnc32)C(O)C1O. The first-order chi connectivity index (χ1) is 9.63. The zero-order valence-electron chi connectivity index (χ0n) is 10.6. The third-order valence-corrected chi connectivity index (χ3v) is 3.57. The van der Waals surface area contributed by atoms with Gasteiger partial charge in [-0.15, -0.1) is 0 Å². The van der Waals surface area contributed by atoms with Gasteiger partial charge in [0.25, 0.3) is 0 Å². The van der Waals surface area contributed by atoms with Crippen LogP contribution >= 0.6 is 0 Å². The number of rotatable bonds is 2. The molecule has 3 unspecified atom stereocenters. The van der Waals surface area contributed by atoms with Gasteiger partial charge in [-0.2, -0.15) is 0 Å². The topological polar surface area (TPSA) is 145 Å². The Labute approximate surface area is 114 Å². The Bertz CT molecular complexity index is 617. The minimum atomic E-state index is -1.12. The highest BCUT2D eigenvalue weighted by atomic mass is 16.5. The van der Waals surface area contributed by atoms with E-state index in [2.05, 4.69) is 15.0 Å². The second kappa shape index (κ2) is 4.94.